The lowest BCUT2D eigenvalue weighted by molar-refractivity contribution is 0.668. The molecule has 0 atom stereocenters. The predicted octanol–water partition coefficient (Wildman–Crippen LogP) is 10.9. The fourth-order valence-electron chi connectivity index (χ4n) is 6.83. The molecule has 6 heteroatoms. The molecule has 0 amide bonds. The van der Waals surface area contributed by atoms with Crippen LogP contribution in [0.4, 0.5) is 0 Å². The highest BCUT2D eigenvalue weighted by atomic mass is 16.3. The number of para-hydroxylation sites is 1. The Balaban J connectivity index is 1.26. The van der Waals surface area contributed by atoms with Gasteiger partial charge < -0.3 is 8.83 Å². The average molecular weight is 617 g/mol. The Kier molecular flexibility index (Phi) is 5.77. The first-order chi connectivity index (χ1) is 23.8. The van der Waals surface area contributed by atoms with Crippen molar-refractivity contribution in [1.29, 1.82) is 0 Å². The molecule has 0 saturated heterocycles. The van der Waals surface area contributed by atoms with Gasteiger partial charge in [-0.1, -0.05) is 97.1 Å². The van der Waals surface area contributed by atoms with Crippen molar-refractivity contribution in [3.8, 4) is 45.3 Å². The van der Waals surface area contributed by atoms with Crippen LogP contribution in [0.25, 0.3) is 100 Å². The summed E-state index contributed by atoms with van der Waals surface area (Å²) in [6.45, 7) is 0. The van der Waals surface area contributed by atoms with Crippen LogP contribution in [-0.4, -0.2) is 19.9 Å². The number of pyridine rings is 1. The quantitative estimate of drug-likeness (QED) is 0.196. The maximum Gasteiger partial charge on any atom is 0.164 e. The minimum absolute atomic E-state index is 0.551. The molecule has 10 aromatic rings. The molecule has 0 saturated carbocycles. The third-order valence-electron chi connectivity index (χ3n) is 8.97. The van der Waals surface area contributed by atoms with Crippen molar-refractivity contribution in [3.05, 3.63) is 146 Å². The van der Waals surface area contributed by atoms with E-state index >= 15 is 0 Å². The SMILES string of the molecule is c1ccc(-c2nc(-c3cc(-c4cccc5oc6ccccc6c45)c4ccccc4c3)nc(-c3cccc4oc5cccnc5c34)n2)cc1. The third kappa shape index (κ3) is 4.13. The Labute approximate surface area is 274 Å². The topological polar surface area (TPSA) is 77.8 Å². The van der Waals surface area contributed by atoms with Gasteiger partial charge in [-0.2, -0.15) is 0 Å². The number of nitrogens with zero attached hydrogens (tertiary/aromatic N) is 4. The second-order valence-electron chi connectivity index (χ2n) is 11.8. The molecule has 0 aliphatic rings. The Morgan fingerprint density at radius 2 is 1.04 bits per heavy atom. The number of benzene rings is 6. The lowest BCUT2D eigenvalue weighted by Crippen LogP contribution is -2.01. The number of fused-ring (bicyclic) bond motifs is 7. The summed E-state index contributed by atoms with van der Waals surface area (Å²) in [5.74, 6) is 1.72. The highest BCUT2D eigenvalue weighted by Crippen LogP contribution is 2.41. The molecule has 0 radical (unpaired) electrons. The second-order valence-corrected chi connectivity index (χ2v) is 11.8. The van der Waals surface area contributed by atoms with Crippen LogP contribution in [0.5, 0.6) is 0 Å². The molecule has 0 aliphatic carbocycles. The molecular weight excluding hydrogens is 592 g/mol. The minimum atomic E-state index is 0.551. The first-order valence-electron chi connectivity index (χ1n) is 15.8. The molecule has 0 aliphatic heterocycles. The maximum atomic E-state index is 6.28. The van der Waals surface area contributed by atoms with Crippen LogP contribution >= 0.6 is 0 Å². The summed E-state index contributed by atoms with van der Waals surface area (Å²) in [6.07, 6.45) is 1.78. The molecule has 6 nitrogen and oxygen atoms in total. The smallest absolute Gasteiger partial charge is 0.164 e. The summed E-state index contributed by atoms with van der Waals surface area (Å²) in [4.78, 5) is 20.0. The van der Waals surface area contributed by atoms with Crippen molar-refractivity contribution in [3.63, 3.8) is 0 Å². The van der Waals surface area contributed by atoms with E-state index in [2.05, 4.69) is 65.6 Å². The third-order valence-corrected chi connectivity index (χ3v) is 8.97. The van der Waals surface area contributed by atoms with Crippen LogP contribution < -0.4 is 0 Å². The molecule has 0 fully saturated rings. The van der Waals surface area contributed by atoms with Gasteiger partial charge in [0.25, 0.3) is 0 Å². The number of hydrogen-bond donors (Lipinski definition) is 0. The molecule has 4 heterocycles. The first kappa shape index (κ1) is 26.5. The van der Waals surface area contributed by atoms with Gasteiger partial charge in [0.1, 0.15) is 22.3 Å². The summed E-state index contributed by atoms with van der Waals surface area (Å²) >= 11 is 0. The highest BCUT2D eigenvalue weighted by Gasteiger charge is 2.20. The second kappa shape index (κ2) is 10.4. The van der Waals surface area contributed by atoms with Crippen molar-refractivity contribution >= 4 is 54.8 Å². The zero-order chi connectivity index (χ0) is 31.6. The van der Waals surface area contributed by atoms with Crippen LogP contribution in [0.2, 0.25) is 0 Å². The van der Waals surface area contributed by atoms with Crippen molar-refractivity contribution in [2.45, 2.75) is 0 Å². The monoisotopic (exact) mass is 616 g/mol. The molecule has 10 rings (SSSR count). The van der Waals surface area contributed by atoms with Crippen molar-refractivity contribution < 1.29 is 8.83 Å². The van der Waals surface area contributed by atoms with Crippen LogP contribution in [-0.2, 0) is 0 Å². The Morgan fingerprint density at radius 3 is 1.92 bits per heavy atom. The zero-order valence-electron chi connectivity index (χ0n) is 25.5. The van der Waals surface area contributed by atoms with Gasteiger partial charge in [-0.05, 0) is 64.4 Å². The van der Waals surface area contributed by atoms with Gasteiger partial charge in [-0.25, -0.2) is 15.0 Å². The standard InChI is InChI=1S/C42H24N4O2/c1-2-11-25(12-3-1)40-44-41(46-42(45-40)31-17-9-20-35-38(31)39-36(48-35)21-10-22-43-39)27-23-26-13-4-5-14-28(26)32(24-27)29-16-8-19-34-37(29)30-15-6-7-18-33(30)47-34/h1-24H. The molecule has 224 valence electrons. The summed E-state index contributed by atoms with van der Waals surface area (Å²) in [5, 5.41) is 5.27. The van der Waals surface area contributed by atoms with Crippen LogP contribution in [0.1, 0.15) is 0 Å². The van der Waals surface area contributed by atoms with Gasteiger partial charge in [0.05, 0.1) is 5.39 Å². The van der Waals surface area contributed by atoms with Gasteiger partial charge in [0.2, 0.25) is 0 Å². The fourth-order valence-corrected chi connectivity index (χ4v) is 6.83. The lowest BCUT2D eigenvalue weighted by Gasteiger charge is -2.13. The molecule has 0 spiro atoms. The van der Waals surface area contributed by atoms with E-state index in [1.54, 1.807) is 6.20 Å². The van der Waals surface area contributed by atoms with E-state index in [0.29, 0.717) is 17.5 Å². The molecule has 0 N–H and O–H groups in total. The number of aromatic nitrogens is 4. The van der Waals surface area contributed by atoms with Gasteiger partial charge in [-0.3, -0.25) is 4.98 Å². The molecule has 6 aromatic carbocycles. The van der Waals surface area contributed by atoms with Gasteiger partial charge >= 0.3 is 0 Å². The minimum Gasteiger partial charge on any atom is -0.456 e. The summed E-state index contributed by atoms with van der Waals surface area (Å²) < 4.78 is 12.5. The predicted molar refractivity (Wildman–Crippen MR) is 191 cm³/mol. The van der Waals surface area contributed by atoms with Gasteiger partial charge in [0.15, 0.2) is 23.1 Å². The zero-order valence-corrected chi connectivity index (χ0v) is 25.5. The van der Waals surface area contributed by atoms with E-state index in [-0.39, 0.29) is 0 Å². The van der Waals surface area contributed by atoms with E-state index in [4.69, 9.17) is 23.8 Å². The Bertz CT molecular complexity index is 2850. The van der Waals surface area contributed by atoms with Gasteiger partial charge in [-0.15, -0.1) is 0 Å². The van der Waals surface area contributed by atoms with E-state index in [0.717, 1.165) is 82.6 Å². The molecule has 0 unspecified atom stereocenters. The average Bonchev–Trinajstić information content (AvgIpc) is 3.73. The molecular formula is C42H24N4O2. The maximum absolute atomic E-state index is 6.28. The van der Waals surface area contributed by atoms with E-state index < -0.39 is 0 Å². The van der Waals surface area contributed by atoms with E-state index in [1.165, 1.54) is 0 Å². The molecule has 4 aromatic heterocycles. The number of hydrogen-bond acceptors (Lipinski definition) is 6. The molecule has 0 bridgehead atoms. The molecule has 48 heavy (non-hydrogen) atoms. The van der Waals surface area contributed by atoms with Gasteiger partial charge in [0, 0.05) is 33.7 Å². The van der Waals surface area contributed by atoms with E-state index in [1.807, 2.05) is 78.9 Å². The summed E-state index contributed by atoms with van der Waals surface area (Å²) in [7, 11) is 0. The first-order valence-corrected chi connectivity index (χ1v) is 15.8. The van der Waals surface area contributed by atoms with Crippen LogP contribution in [0.3, 0.4) is 0 Å². The van der Waals surface area contributed by atoms with Crippen LogP contribution in [0, 0.1) is 0 Å². The summed E-state index contributed by atoms with van der Waals surface area (Å²) in [6, 6.07) is 47.1. The highest BCUT2D eigenvalue weighted by molar-refractivity contribution is 6.16. The number of rotatable bonds is 4. The Morgan fingerprint density at radius 1 is 0.396 bits per heavy atom. The van der Waals surface area contributed by atoms with Crippen LogP contribution in [0.15, 0.2) is 155 Å². The van der Waals surface area contributed by atoms with Crippen molar-refractivity contribution in [1.82, 2.24) is 19.9 Å². The largest absolute Gasteiger partial charge is 0.456 e. The Hall–Kier alpha value is -6.66. The van der Waals surface area contributed by atoms with E-state index in [9.17, 15) is 0 Å². The summed E-state index contributed by atoms with van der Waals surface area (Å²) in [5.41, 5.74) is 8.75. The number of furan rings is 2. The normalized spacial score (nSPS) is 11.8. The van der Waals surface area contributed by atoms with Crippen molar-refractivity contribution in [2.24, 2.45) is 0 Å². The lowest BCUT2D eigenvalue weighted by atomic mass is 9.92. The fraction of sp³-hybridized carbons (Fsp3) is 0. The van der Waals surface area contributed by atoms with Crippen molar-refractivity contribution in [2.75, 3.05) is 0 Å².